The van der Waals surface area contributed by atoms with Crippen LogP contribution in [0.25, 0.3) is 11.3 Å². The van der Waals surface area contributed by atoms with Crippen molar-refractivity contribution < 1.29 is 26.3 Å². The van der Waals surface area contributed by atoms with E-state index in [0.717, 1.165) is 23.3 Å². The number of ether oxygens (including phenoxy) is 1. The number of nitrogens with zero attached hydrogens (tertiary/aromatic N) is 3. The lowest BCUT2D eigenvalue weighted by molar-refractivity contribution is -0.137. The first kappa shape index (κ1) is 25.0. The number of alkyl halides is 3. The molecule has 2 aromatic carbocycles. The Bertz CT molecular complexity index is 1580. The molecule has 0 bridgehead atoms. The average molecular weight is 528 g/mol. The minimum Gasteiger partial charge on any atom is -0.493 e. The SMILES string of the molecule is Cc1ccnc(CS(=O)(=O)c2ccc3c(c2)OCC[C@@H]3c2ccc(C(F)(F)F)cc2-c2ccnn2C)c1. The molecule has 0 N–H and O–H groups in total. The molecule has 10 heteroatoms. The first-order valence-corrected chi connectivity index (χ1v) is 13.3. The number of fused-ring (bicyclic) bond motifs is 1. The van der Waals surface area contributed by atoms with Crippen molar-refractivity contribution in [3.63, 3.8) is 0 Å². The number of benzene rings is 2. The van der Waals surface area contributed by atoms with Gasteiger partial charge in [-0.25, -0.2) is 8.42 Å². The summed E-state index contributed by atoms with van der Waals surface area (Å²) in [5.41, 5.74) is 3.02. The van der Waals surface area contributed by atoms with Crippen molar-refractivity contribution in [2.75, 3.05) is 6.61 Å². The Balaban J connectivity index is 1.55. The van der Waals surface area contributed by atoms with Crippen LogP contribution in [0.3, 0.4) is 0 Å². The third-order valence-corrected chi connectivity index (χ3v) is 8.19. The van der Waals surface area contributed by atoms with Gasteiger partial charge in [-0.1, -0.05) is 12.1 Å². The lowest BCUT2D eigenvalue weighted by atomic mass is 9.83. The zero-order valence-corrected chi connectivity index (χ0v) is 21.0. The van der Waals surface area contributed by atoms with E-state index in [0.29, 0.717) is 41.3 Å². The molecule has 1 aliphatic rings. The zero-order valence-electron chi connectivity index (χ0n) is 20.2. The normalized spacial score (nSPS) is 15.8. The molecule has 0 saturated carbocycles. The number of halogens is 3. The summed E-state index contributed by atoms with van der Waals surface area (Å²) in [5.74, 6) is -0.128. The lowest BCUT2D eigenvalue weighted by Gasteiger charge is -2.29. The number of hydrogen-bond donors (Lipinski definition) is 0. The second kappa shape index (κ2) is 9.33. The molecule has 5 rings (SSSR count). The Morgan fingerprint density at radius 2 is 1.81 bits per heavy atom. The monoisotopic (exact) mass is 527 g/mol. The molecule has 0 radical (unpaired) electrons. The highest BCUT2D eigenvalue weighted by atomic mass is 32.2. The van der Waals surface area contributed by atoms with Gasteiger partial charge in [-0.05, 0) is 66.9 Å². The maximum atomic E-state index is 13.6. The quantitative estimate of drug-likeness (QED) is 0.333. The molecule has 1 aliphatic heterocycles. The molecule has 2 aromatic heterocycles. The van der Waals surface area contributed by atoms with E-state index in [1.165, 1.54) is 29.1 Å². The molecule has 192 valence electrons. The van der Waals surface area contributed by atoms with Crippen molar-refractivity contribution in [2.24, 2.45) is 7.05 Å². The van der Waals surface area contributed by atoms with Crippen LogP contribution in [0.5, 0.6) is 5.75 Å². The Morgan fingerprint density at radius 1 is 1.03 bits per heavy atom. The van der Waals surface area contributed by atoms with Crippen LogP contribution < -0.4 is 4.74 Å². The summed E-state index contributed by atoms with van der Waals surface area (Å²) in [6.45, 7) is 2.16. The van der Waals surface area contributed by atoms with Crippen LogP contribution in [0.15, 0.2) is 71.9 Å². The van der Waals surface area contributed by atoms with Gasteiger partial charge < -0.3 is 4.74 Å². The summed E-state index contributed by atoms with van der Waals surface area (Å²) in [4.78, 5) is 4.26. The van der Waals surface area contributed by atoms with E-state index in [1.54, 1.807) is 37.5 Å². The van der Waals surface area contributed by atoms with Gasteiger partial charge in [0.05, 0.1) is 34.2 Å². The first-order chi connectivity index (χ1) is 17.5. The Hall–Kier alpha value is -3.66. The number of sulfone groups is 1. The molecule has 3 heterocycles. The molecule has 0 unspecified atom stereocenters. The minimum atomic E-state index is -4.49. The highest BCUT2D eigenvalue weighted by molar-refractivity contribution is 7.90. The number of aryl methyl sites for hydroxylation is 2. The van der Waals surface area contributed by atoms with Crippen LogP contribution >= 0.6 is 0 Å². The predicted octanol–water partition coefficient (Wildman–Crippen LogP) is 5.70. The Morgan fingerprint density at radius 3 is 2.51 bits per heavy atom. The number of aromatic nitrogens is 3. The molecule has 1 atom stereocenters. The summed E-state index contributed by atoms with van der Waals surface area (Å²) in [5, 5.41) is 4.13. The van der Waals surface area contributed by atoms with E-state index in [1.807, 2.05) is 6.92 Å². The highest BCUT2D eigenvalue weighted by Crippen LogP contribution is 2.44. The first-order valence-electron chi connectivity index (χ1n) is 11.6. The maximum Gasteiger partial charge on any atom is 0.416 e. The summed E-state index contributed by atoms with van der Waals surface area (Å²) >= 11 is 0. The largest absolute Gasteiger partial charge is 0.493 e. The Kier molecular flexibility index (Phi) is 6.31. The second-order valence-corrected chi connectivity index (χ2v) is 11.1. The van der Waals surface area contributed by atoms with Gasteiger partial charge in [-0.3, -0.25) is 9.67 Å². The molecule has 0 aliphatic carbocycles. The average Bonchev–Trinajstić information content (AvgIpc) is 3.27. The van der Waals surface area contributed by atoms with Crippen molar-refractivity contribution in [3.8, 4) is 17.0 Å². The molecule has 6 nitrogen and oxygen atoms in total. The molecule has 0 saturated heterocycles. The smallest absolute Gasteiger partial charge is 0.416 e. The van der Waals surface area contributed by atoms with Gasteiger partial charge in [0.1, 0.15) is 5.75 Å². The van der Waals surface area contributed by atoms with Crippen LogP contribution in [0, 0.1) is 6.92 Å². The van der Waals surface area contributed by atoms with Crippen molar-refractivity contribution in [3.05, 3.63) is 94.9 Å². The minimum absolute atomic E-state index is 0.106. The highest BCUT2D eigenvalue weighted by Gasteiger charge is 2.33. The molecule has 37 heavy (non-hydrogen) atoms. The molecule has 0 spiro atoms. The topological polar surface area (TPSA) is 74.1 Å². The van der Waals surface area contributed by atoms with Gasteiger partial charge in [0.2, 0.25) is 0 Å². The van der Waals surface area contributed by atoms with Crippen LogP contribution in [0.2, 0.25) is 0 Å². The van der Waals surface area contributed by atoms with Crippen LogP contribution in [-0.2, 0) is 28.8 Å². The number of rotatable bonds is 5. The van der Waals surface area contributed by atoms with E-state index >= 15 is 0 Å². The van der Waals surface area contributed by atoms with E-state index in [-0.39, 0.29) is 16.6 Å². The van der Waals surface area contributed by atoms with Crippen molar-refractivity contribution in [1.29, 1.82) is 0 Å². The standard InChI is InChI=1S/C27H24F3N3O3S/c1-17-7-10-31-19(13-17)16-37(34,35)20-4-6-23-22(9-12-36-26(23)15-20)21-5-3-18(27(28,29)30)14-24(21)25-8-11-32-33(25)2/h3-8,10-11,13-15,22H,9,12,16H2,1-2H3/t22-/m1/s1. The van der Waals surface area contributed by atoms with Crippen LogP contribution in [0.4, 0.5) is 13.2 Å². The number of pyridine rings is 1. The summed E-state index contributed by atoms with van der Waals surface area (Å²) < 4.78 is 74.3. The fourth-order valence-corrected chi connectivity index (χ4v) is 6.01. The third-order valence-electron chi connectivity index (χ3n) is 6.55. The van der Waals surface area contributed by atoms with Crippen molar-refractivity contribution in [2.45, 2.75) is 36.1 Å². The molecule has 0 fully saturated rings. The summed E-state index contributed by atoms with van der Waals surface area (Å²) in [6, 6.07) is 13.7. The van der Waals surface area contributed by atoms with E-state index in [4.69, 9.17) is 4.74 Å². The van der Waals surface area contributed by atoms with Gasteiger partial charge in [0, 0.05) is 36.5 Å². The van der Waals surface area contributed by atoms with Gasteiger partial charge >= 0.3 is 6.18 Å². The van der Waals surface area contributed by atoms with Crippen molar-refractivity contribution in [1.82, 2.24) is 14.8 Å². The molecular formula is C27H24F3N3O3S. The maximum absolute atomic E-state index is 13.6. The number of hydrogen-bond acceptors (Lipinski definition) is 5. The van der Waals surface area contributed by atoms with Crippen molar-refractivity contribution >= 4 is 9.84 Å². The van der Waals surface area contributed by atoms with Gasteiger partial charge in [-0.15, -0.1) is 0 Å². The second-order valence-electron chi connectivity index (χ2n) is 9.11. The van der Waals surface area contributed by atoms with E-state index in [9.17, 15) is 21.6 Å². The van der Waals surface area contributed by atoms with Gasteiger partial charge in [0.15, 0.2) is 9.84 Å². The fourth-order valence-electron chi connectivity index (χ4n) is 4.74. The van der Waals surface area contributed by atoms with Crippen LogP contribution in [0.1, 0.15) is 40.3 Å². The summed E-state index contributed by atoms with van der Waals surface area (Å²) in [7, 11) is -2.02. The molecular weight excluding hydrogens is 503 g/mol. The lowest BCUT2D eigenvalue weighted by Crippen LogP contribution is -2.18. The third kappa shape index (κ3) is 4.98. The molecule has 4 aromatic rings. The van der Waals surface area contributed by atoms with Crippen LogP contribution in [-0.4, -0.2) is 29.8 Å². The zero-order chi connectivity index (χ0) is 26.4. The summed E-state index contributed by atoms with van der Waals surface area (Å²) in [6.07, 6.45) is -0.848. The van der Waals surface area contributed by atoms with E-state index in [2.05, 4.69) is 10.1 Å². The molecule has 0 amide bonds. The predicted molar refractivity (Wildman–Crippen MR) is 132 cm³/mol. The van der Waals surface area contributed by atoms with Gasteiger partial charge in [0.25, 0.3) is 0 Å². The van der Waals surface area contributed by atoms with E-state index < -0.39 is 21.6 Å². The fraction of sp³-hybridized carbons (Fsp3) is 0.259. The van der Waals surface area contributed by atoms with Gasteiger partial charge in [-0.2, -0.15) is 18.3 Å². The Labute approximate surface area is 212 Å².